The van der Waals surface area contributed by atoms with E-state index in [0.717, 1.165) is 11.3 Å². The van der Waals surface area contributed by atoms with Crippen LogP contribution in [0.2, 0.25) is 0 Å². The van der Waals surface area contributed by atoms with Gasteiger partial charge in [0.15, 0.2) is 10.9 Å². The smallest absolute Gasteiger partial charge is 0.306 e. The molecule has 0 saturated heterocycles. The van der Waals surface area contributed by atoms with Gasteiger partial charge in [-0.3, -0.25) is 9.59 Å². The molecule has 2 aromatic rings. The van der Waals surface area contributed by atoms with Crippen molar-refractivity contribution in [1.29, 1.82) is 5.26 Å². The van der Waals surface area contributed by atoms with E-state index in [4.69, 9.17) is 9.52 Å². The molecule has 1 aliphatic rings. The van der Waals surface area contributed by atoms with Crippen LogP contribution in [0.5, 0.6) is 0 Å². The van der Waals surface area contributed by atoms with Crippen LogP contribution in [-0.4, -0.2) is 22.0 Å². The van der Waals surface area contributed by atoms with E-state index in [-0.39, 0.29) is 11.8 Å². The molecule has 2 heterocycles. The molecule has 24 heavy (non-hydrogen) atoms. The molecular weight excluding hydrogens is 330 g/mol. The van der Waals surface area contributed by atoms with Crippen molar-refractivity contribution in [3.05, 3.63) is 23.3 Å². The average Bonchev–Trinajstić information content (AvgIpc) is 3.23. The number of carbonyl (C=O) groups excluding carboxylic acids is 1. The van der Waals surface area contributed by atoms with Crippen molar-refractivity contribution in [2.24, 2.45) is 11.8 Å². The zero-order valence-electron chi connectivity index (χ0n) is 12.7. The SMILES string of the molecule is N#Cc1sc(NC(=O)[C@H]2CCC[C@@H](C(=O)O)C2)nc1-c1ccco1. The number of aliphatic carboxylic acids is 1. The van der Waals surface area contributed by atoms with Crippen LogP contribution >= 0.6 is 11.3 Å². The van der Waals surface area contributed by atoms with E-state index in [1.54, 1.807) is 12.1 Å². The molecule has 0 spiro atoms. The molecule has 1 aliphatic carbocycles. The number of aromatic nitrogens is 1. The summed E-state index contributed by atoms with van der Waals surface area (Å²) in [5.41, 5.74) is 0.398. The van der Waals surface area contributed by atoms with Crippen LogP contribution in [0.25, 0.3) is 11.5 Å². The number of nitrogens with one attached hydrogen (secondary N) is 1. The third kappa shape index (κ3) is 3.31. The number of carbonyl (C=O) groups is 2. The molecule has 1 saturated carbocycles. The Morgan fingerprint density at radius 2 is 2.21 bits per heavy atom. The number of nitrogens with zero attached hydrogens (tertiary/aromatic N) is 2. The zero-order chi connectivity index (χ0) is 17.1. The normalized spacial score (nSPS) is 20.3. The highest BCUT2D eigenvalue weighted by Crippen LogP contribution is 2.33. The fraction of sp³-hybridized carbons (Fsp3) is 0.375. The van der Waals surface area contributed by atoms with E-state index in [9.17, 15) is 14.9 Å². The number of rotatable bonds is 4. The fourth-order valence-corrected chi connectivity index (χ4v) is 3.66. The van der Waals surface area contributed by atoms with Gasteiger partial charge in [0.1, 0.15) is 16.6 Å². The third-order valence-corrected chi connectivity index (χ3v) is 4.98. The maximum atomic E-state index is 12.4. The van der Waals surface area contributed by atoms with Crippen molar-refractivity contribution in [2.75, 3.05) is 5.32 Å². The second-order valence-electron chi connectivity index (χ2n) is 5.67. The Balaban J connectivity index is 1.73. The van der Waals surface area contributed by atoms with Gasteiger partial charge in [-0.2, -0.15) is 5.26 Å². The topological polar surface area (TPSA) is 116 Å². The van der Waals surface area contributed by atoms with E-state index in [0.29, 0.717) is 47.1 Å². The largest absolute Gasteiger partial charge is 0.481 e. The molecule has 2 aromatic heterocycles. The van der Waals surface area contributed by atoms with Gasteiger partial charge < -0.3 is 14.8 Å². The van der Waals surface area contributed by atoms with Gasteiger partial charge in [-0.05, 0) is 31.4 Å². The van der Waals surface area contributed by atoms with Crippen molar-refractivity contribution >= 4 is 28.3 Å². The number of hydrogen-bond acceptors (Lipinski definition) is 6. The number of amides is 1. The van der Waals surface area contributed by atoms with Crippen LogP contribution in [-0.2, 0) is 9.59 Å². The van der Waals surface area contributed by atoms with Crippen molar-refractivity contribution in [1.82, 2.24) is 4.98 Å². The number of carboxylic acids is 1. The summed E-state index contributed by atoms with van der Waals surface area (Å²) in [6, 6.07) is 5.44. The van der Waals surface area contributed by atoms with Gasteiger partial charge in [0, 0.05) is 5.92 Å². The van der Waals surface area contributed by atoms with Gasteiger partial charge in [0.2, 0.25) is 5.91 Å². The lowest BCUT2D eigenvalue weighted by Crippen LogP contribution is -2.30. The molecular formula is C16H15N3O4S. The molecule has 0 aromatic carbocycles. The Morgan fingerprint density at radius 1 is 1.42 bits per heavy atom. The lowest BCUT2D eigenvalue weighted by atomic mass is 9.81. The molecule has 0 aliphatic heterocycles. The minimum atomic E-state index is -0.853. The van der Waals surface area contributed by atoms with Gasteiger partial charge in [0.05, 0.1) is 12.2 Å². The fourth-order valence-electron chi connectivity index (χ4n) is 2.89. The van der Waals surface area contributed by atoms with Crippen LogP contribution in [0.15, 0.2) is 22.8 Å². The summed E-state index contributed by atoms with van der Waals surface area (Å²) in [7, 11) is 0. The van der Waals surface area contributed by atoms with Crippen LogP contribution in [0.4, 0.5) is 5.13 Å². The molecule has 0 radical (unpaired) electrons. The van der Waals surface area contributed by atoms with E-state index in [1.807, 2.05) is 6.07 Å². The minimum absolute atomic E-state index is 0.245. The summed E-state index contributed by atoms with van der Waals surface area (Å²) in [5.74, 6) is -1.45. The number of anilines is 1. The molecule has 8 heteroatoms. The number of carboxylic acid groups (broad SMARTS) is 1. The van der Waals surface area contributed by atoms with Crippen molar-refractivity contribution < 1.29 is 19.1 Å². The molecule has 0 bridgehead atoms. The summed E-state index contributed by atoms with van der Waals surface area (Å²) in [6.07, 6.45) is 3.81. The molecule has 2 atom stereocenters. The number of furan rings is 1. The van der Waals surface area contributed by atoms with Crippen LogP contribution < -0.4 is 5.32 Å². The molecule has 3 rings (SSSR count). The molecule has 0 unspecified atom stereocenters. The third-order valence-electron chi connectivity index (χ3n) is 4.11. The Hall–Kier alpha value is -2.66. The molecule has 2 N–H and O–H groups in total. The van der Waals surface area contributed by atoms with Gasteiger partial charge in [-0.25, -0.2) is 4.98 Å². The first-order valence-corrected chi connectivity index (χ1v) is 8.38. The van der Waals surface area contributed by atoms with Crippen LogP contribution in [0, 0.1) is 23.2 Å². The minimum Gasteiger partial charge on any atom is -0.481 e. The second-order valence-corrected chi connectivity index (χ2v) is 6.67. The first kappa shape index (κ1) is 16.2. The maximum absolute atomic E-state index is 12.4. The standard InChI is InChI=1S/C16H15N3O4S/c17-8-12-13(11-5-2-6-23-11)18-16(24-12)19-14(20)9-3-1-4-10(7-9)15(21)22/h2,5-6,9-10H,1,3-4,7H2,(H,21,22)(H,18,19,20)/t9-,10+/m0/s1. The summed E-state index contributed by atoms with van der Waals surface area (Å²) in [4.78, 5) is 28.1. The molecule has 7 nitrogen and oxygen atoms in total. The Labute approximate surface area is 141 Å². The quantitative estimate of drug-likeness (QED) is 0.879. The van der Waals surface area contributed by atoms with Crippen LogP contribution in [0.3, 0.4) is 0 Å². The average molecular weight is 345 g/mol. The highest BCUT2D eigenvalue weighted by Gasteiger charge is 2.31. The van der Waals surface area contributed by atoms with Gasteiger partial charge in [0.25, 0.3) is 0 Å². The van der Waals surface area contributed by atoms with E-state index < -0.39 is 11.9 Å². The zero-order valence-corrected chi connectivity index (χ0v) is 13.5. The second kappa shape index (κ2) is 6.84. The summed E-state index contributed by atoms with van der Waals surface area (Å²) < 4.78 is 5.25. The monoisotopic (exact) mass is 345 g/mol. The number of thiazole rings is 1. The Kier molecular flexibility index (Phi) is 4.62. The first-order chi connectivity index (χ1) is 11.6. The van der Waals surface area contributed by atoms with Gasteiger partial charge in [-0.15, -0.1) is 0 Å². The van der Waals surface area contributed by atoms with Gasteiger partial charge >= 0.3 is 5.97 Å². The van der Waals surface area contributed by atoms with E-state index in [2.05, 4.69) is 10.3 Å². The Bertz CT molecular complexity index is 791. The number of hydrogen-bond donors (Lipinski definition) is 2. The van der Waals surface area contributed by atoms with E-state index >= 15 is 0 Å². The summed E-state index contributed by atoms with van der Waals surface area (Å²) in [5, 5.41) is 21.4. The summed E-state index contributed by atoms with van der Waals surface area (Å²) >= 11 is 1.08. The predicted octanol–water partition coefficient (Wildman–Crippen LogP) is 3.10. The van der Waals surface area contributed by atoms with Gasteiger partial charge in [-0.1, -0.05) is 17.8 Å². The van der Waals surface area contributed by atoms with Crippen molar-refractivity contribution in [3.8, 4) is 17.5 Å². The lowest BCUT2D eigenvalue weighted by molar-refractivity contribution is -0.143. The lowest BCUT2D eigenvalue weighted by Gasteiger charge is -2.25. The summed E-state index contributed by atoms with van der Waals surface area (Å²) in [6.45, 7) is 0. The Morgan fingerprint density at radius 3 is 2.88 bits per heavy atom. The molecule has 1 amide bonds. The molecule has 124 valence electrons. The predicted molar refractivity (Wildman–Crippen MR) is 86.2 cm³/mol. The number of nitriles is 1. The molecule has 1 fully saturated rings. The van der Waals surface area contributed by atoms with Crippen molar-refractivity contribution in [2.45, 2.75) is 25.7 Å². The van der Waals surface area contributed by atoms with Crippen LogP contribution in [0.1, 0.15) is 30.6 Å². The first-order valence-electron chi connectivity index (χ1n) is 7.57. The maximum Gasteiger partial charge on any atom is 0.306 e. The highest BCUT2D eigenvalue weighted by atomic mass is 32.1. The van der Waals surface area contributed by atoms with Crippen molar-refractivity contribution in [3.63, 3.8) is 0 Å². The van der Waals surface area contributed by atoms with E-state index in [1.165, 1.54) is 6.26 Å². The highest BCUT2D eigenvalue weighted by molar-refractivity contribution is 7.16.